The first-order valence-corrected chi connectivity index (χ1v) is 8.07. The molecular weight excluding hydrogens is 278 g/mol. The molecule has 2 rings (SSSR count). The maximum Gasteiger partial charge on any atom is 0.119 e. The molecule has 120 valence electrons. The molecule has 0 saturated heterocycles. The van der Waals surface area contributed by atoms with Crippen LogP contribution in [0.3, 0.4) is 0 Å². The Balaban J connectivity index is 2.15. The van der Waals surface area contributed by atoms with Gasteiger partial charge < -0.3 is 9.84 Å². The lowest BCUT2D eigenvalue weighted by atomic mass is 10.1. The van der Waals surface area contributed by atoms with Gasteiger partial charge in [-0.05, 0) is 43.5 Å². The second-order valence-electron chi connectivity index (χ2n) is 5.35. The van der Waals surface area contributed by atoms with Crippen molar-refractivity contribution in [1.82, 2.24) is 15.0 Å². The molecule has 0 atom stereocenters. The molecule has 1 aromatic carbocycles. The first-order valence-electron chi connectivity index (χ1n) is 8.07. The van der Waals surface area contributed by atoms with Crippen LogP contribution in [0.5, 0.6) is 5.75 Å². The van der Waals surface area contributed by atoms with E-state index in [1.54, 1.807) is 0 Å². The van der Waals surface area contributed by atoms with Gasteiger partial charge in [-0.3, -0.25) is 0 Å². The third kappa shape index (κ3) is 4.07. The standard InChI is InChI=1S/C17H25N3O2/c1-3-5-7-17-16(13-21)18-19-20(17)14-8-10-15(11-9-14)22-12-6-4-2/h8-11,21H,3-7,12-13H2,1-2H3. The van der Waals surface area contributed by atoms with Crippen LogP contribution in [0.4, 0.5) is 0 Å². The Labute approximate surface area is 131 Å². The molecule has 1 heterocycles. The summed E-state index contributed by atoms with van der Waals surface area (Å²) < 4.78 is 7.49. The van der Waals surface area contributed by atoms with Crippen LogP contribution in [0, 0.1) is 0 Å². The van der Waals surface area contributed by atoms with Crippen LogP contribution >= 0.6 is 0 Å². The zero-order chi connectivity index (χ0) is 15.8. The summed E-state index contributed by atoms with van der Waals surface area (Å²) >= 11 is 0. The van der Waals surface area contributed by atoms with Crippen LogP contribution in [0.25, 0.3) is 5.69 Å². The fraction of sp³-hybridized carbons (Fsp3) is 0.529. The van der Waals surface area contributed by atoms with E-state index < -0.39 is 0 Å². The Morgan fingerprint density at radius 3 is 2.45 bits per heavy atom. The van der Waals surface area contributed by atoms with Gasteiger partial charge in [-0.15, -0.1) is 5.10 Å². The first kappa shape index (κ1) is 16.5. The van der Waals surface area contributed by atoms with Crippen LogP contribution in [-0.2, 0) is 13.0 Å². The average Bonchev–Trinajstić information content (AvgIpc) is 2.96. The fourth-order valence-electron chi connectivity index (χ4n) is 2.28. The highest BCUT2D eigenvalue weighted by Crippen LogP contribution is 2.19. The predicted octanol–water partition coefficient (Wildman–Crippen LogP) is 3.28. The van der Waals surface area contributed by atoms with Crippen molar-refractivity contribution < 1.29 is 9.84 Å². The van der Waals surface area contributed by atoms with E-state index in [1.807, 2.05) is 28.9 Å². The van der Waals surface area contributed by atoms with Crippen molar-refractivity contribution in [2.75, 3.05) is 6.61 Å². The van der Waals surface area contributed by atoms with E-state index in [9.17, 15) is 5.11 Å². The summed E-state index contributed by atoms with van der Waals surface area (Å²) in [6.07, 6.45) is 5.21. The highest BCUT2D eigenvalue weighted by Gasteiger charge is 2.13. The molecular formula is C17H25N3O2. The van der Waals surface area contributed by atoms with E-state index in [0.717, 1.165) is 55.8 Å². The normalized spacial score (nSPS) is 10.9. The van der Waals surface area contributed by atoms with E-state index >= 15 is 0 Å². The third-order valence-corrected chi connectivity index (χ3v) is 3.61. The van der Waals surface area contributed by atoms with Crippen LogP contribution < -0.4 is 4.74 Å². The molecule has 0 spiro atoms. The van der Waals surface area contributed by atoms with Gasteiger partial charge in [0, 0.05) is 0 Å². The maximum absolute atomic E-state index is 9.41. The number of rotatable bonds is 9. The molecule has 2 aromatic rings. The van der Waals surface area contributed by atoms with Gasteiger partial charge in [0.25, 0.3) is 0 Å². The molecule has 0 aliphatic heterocycles. The third-order valence-electron chi connectivity index (χ3n) is 3.61. The van der Waals surface area contributed by atoms with Gasteiger partial charge in [0.15, 0.2) is 0 Å². The molecule has 0 bridgehead atoms. The van der Waals surface area contributed by atoms with E-state index in [4.69, 9.17) is 4.74 Å². The number of aromatic nitrogens is 3. The molecule has 0 radical (unpaired) electrons. The van der Waals surface area contributed by atoms with Gasteiger partial charge in [0.05, 0.1) is 24.6 Å². The molecule has 0 unspecified atom stereocenters. The zero-order valence-corrected chi connectivity index (χ0v) is 13.5. The molecule has 5 heteroatoms. The second kappa shape index (κ2) is 8.54. The number of aliphatic hydroxyl groups is 1. The largest absolute Gasteiger partial charge is 0.494 e. The van der Waals surface area contributed by atoms with E-state index in [1.165, 1.54) is 0 Å². The van der Waals surface area contributed by atoms with Crippen molar-refractivity contribution in [1.29, 1.82) is 0 Å². The van der Waals surface area contributed by atoms with Crippen LogP contribution in [0.15, 0.2) is 24.3 Å². The van der Waals surface area contributed by atoms with Crippen molar-refractivity contribution >= 4 is 0 Å². The van der Waals surface area contributed by atoms with Crippen LogP contribution in [0.2, 0.25) is 0 Å². The molecule has 0 aliphatic rings. The number of unbranched alkanes of at least 4 members (excludes halogenated alkanes) is 2. The summed E-state index contributed by atoms with van der Waals surface area (Å²) in [5.74, 6) is 0.870. The number of hydrogen-bond acceptors (Lipinski definition) is 4. The molecule has 5 nitrogen and oxygen atoms in total. The molecule has 0 aliphatic carbocycles. The van der Waals surface area contributed by atoms with Gasteiger partial charge in [-0.1, -0.05) is 31.9 Å². The number of nitrogens with zero attached hydrogens (tertiary/aromatic N) is 3. The van der Waals surface area contributed by atoms with E-state index in [-0.39, 0.29) is 6.61 Å². The van der Waals surface area contributed by atoms with Crippen molar-refractivity contribution in [2.24, 2.45) is 0 Å². The Hall–Kier alpha value is -1.88. The quantitative estimate of drug-likeness (QED) is 0.722. The molecule has 0 amide bonds. The van der Waals surface area contributed by atoms with Gasteiger partial charge in [0.1, 0.15) is 11.4 Å². The lowest BCUT2D eigenvalue weighted by molar-refractivity contribution is 0.275. The summed E-state index contributed by atoms with van der Waals surface area (Å²) in [4.78, 5) is 0. The Morgan fingerprint density at radius 2 is 1.82 bits per heavy atom. The summed E-state index contributed by atoms with van der Waals surface area (Å²) in [6.45, 7) is 4.97. The minimum Gasteiger partial charge on any atom is -0.494 e. The highest BCUT2D eigenvalue weighted by molar-refractivity contribution is 5.38. The lowest BCUT2D eigenvalue weighted by Crippen LogP contribution is -2.04. The van der Waals surface area contributed by atoms with Crippen molar-refractivity contribution in [2.45, 2.75) is 52.6 Å². The number of ether oxygens (including phenoxy) is 1. The van der Waals surface area contributed by atoms with Crippen molar-refractivity contribution in [3.63, 3.8) is 0 Å². The summed E-state index contributed by atoms with van der Waals surface area (Å²) in [6, 6.07) is 7.86. The van der Waals surface area contributed by atoms with Crippen LogP contribution in [0.1, 0.15) is 50.9 Å². The molecule has 1 aromatic heterocycles. The molecule has 22 heavy (non-hydrogen) atoms. The maximum atomic E-state index is 9.41. The summed E-state index contributed by atoms with van der Waals surface area (Å²) in [5.41, 5.74) is 2.60. The minimum absolute atomic E-state index is 0.0722. The van der Waals surface area contributed by atoms with Gasteiger partial charge >= 0.3 is 0 Å². The molecule has 0 fully saturated rings. The Bertz CT molecular complexity index is 564. The van der Waals surface area contributed by atoms with Crippen LogP contribution in [-0.4, -0.2) is 26.7 Å². The fourth-order valence-corrected chi connectivity index (χ4v) is 2.28. The van der Waals surface area contributed by atoms with Gasteiger partial charge in [0.2, 0.25) is 0 Å². The van der Waals surface area contributed by atoms with Crippen molar-refractivity contribution in [3.05, 3.63) is 35.7 Å². The van der Waals surface area contributed by atoms with Gasteiger partial charge in [-0.2, -0.15) is 0 Å². The van der Waals surface area contributed by atoms with Crippen molar-refractivity contribution in [3.8, 4) is 11.4 Å². The Morgan fingerprint density at radius 1 is 1.09 bits per heavy atom. The Kier molecular flexibility index (Phi) is 6.40. The highest BCUT2D eigenvalue weighted by atomic mass is 16.5. The lowest BCUT2D eigenvalue weighted by Gasteiger charge is -2.09. The monoisotopic (exact) mass is 303 g/mol. The smallest absolute Gasteiger partial charge is 0.119 e. The minimum atomic E-state index is -0.0722. The van der Waals surface area contributed by atoms with E-state index in [2.05, 4.69) is 24.2 Å². The van der Waals surface area contributed by atoms with E-state index in [0.29, 0.717) is 5.69 Å². The SMILES string of the molecule is CCCCOc1ccc(-n2nnc(CO)c2CCCC)cc1. The zero-order valence-electron chi connectivity index (χ0n) is 13.5. The average molecular weight is 303 g/mol. The first-order chi connectivity index (χ1) is 10.8. The summed E-state index contributed by atoms with van der Waals surface area (Å²) in [5, 5.41) is 17.7. The number of aliphatic hydroxyl groups excluding tert-OH is 1. The topological polar surface area (TPSA) is 60.2 Å². The number of hydrogen-bond donors (Lipinski definition) is 1. The second-order valence-corrected chi connectivity index (χ2v) is 5.35. The molecule has 1 N–H and O–H groups in total. The van der Waals surface area contributed by atoms with Gasteiger partial charge in [-0.25, -0.2) is 4.68 Å². The summed E-state index contributed by atoms with van der Waals surface area (Å²) in [7, 11) is 0. The predicted molar refractivity (Wildman–Crippen MR) is 86.3 cm³/mol. The number of benzene rings is 1. The molecule has 0 saturated carbocycles.